The van der Waals surface area contributed by atoms with E-state index >= 15 is 0 Å². The van der Waals surface area contributed by atoms with Crippen molar-refractivity contribution < 1.29 is 14.3 Å². The fourth-order valence-corrected chi connectivity index (χ4v) is 3.56. The molecule has 7 heteroatoms. The lowest BCUT2D eigenvalue weighted by Gasteiger charge is -2.20. The molecule has 1 unspecified atom stereocenters. The molecule has 0 saturated heterocycles. The van der Waals surface area contributed by atoms with Gasteiger partial charge in [0.1, 0.15) is 17.1 Å². The summed E-state index contributed by atoms with van der Waals surface area (Å²) in [5, 5.41) is 17.1. The Kier molecular flexibility index (Phi) is 7.15. The Morgan fingerprint density at radius 1 is 1.27 bits per heavy atom. The third-order valence-corrected chi connectivity index (χ3v) is 5.21. The number of fused-ring (bicyclic) bond motifs is 1. The Bertz CT molecular complexity index is 888. The Labute approximate surface area is 178 Å². The molecule has 0 saturated carbocycles. The van der Waals surface area contributed by atoms with Crippen molar-refractivity contribution in [3.05, 3.63) is 53.5 Å². The van der Waals surface area contributed by atoms with Gasteiger partial charge in [0.2, 0.25) is 5.91 Å². The Morgan fingerprint density at radius 2 is 2.07 bits per heavy atom. The van der Waals surface area contributed by atoms with Crippen molar-refractivity contribution in [1.29, 1.82) is 0 Å². The normalized spacial score (nSPS) is 15.6. The molecule has 1 amide bonds. The zero-order chi connectivity index (χ0) is 21.6. The van der Waals surface area contributed by atoms with Crippen molar-refractivity contribution >= 4 is 17.6 Å². The van der Waals surface area contributed by atoms with Crippen LogP contribution < -0.4 is 15.5 Å². The maximum atomic E-state index is 12.6. The van der Waals surface area contributed by atoms with E-state index in [1.807, 2.05) is 43.0 Å². The number of anilines is 1. The van der Waals surface area contributed by atoms with E-state index < -0.39 is 5.60 Å². The first kappa shape index (κ1) is 21.9. The minimum absolute atomic E-state index is 0.153. The lowest BCUT2D eigenvalue weighted by molar-refractivity contribution is -0.118. The summed E-state index contributed by atoms with van der Waals surface area (Å²) in [6.45, 7) is 7.77. The molecule has 1 aromatic heterocycles. The van der Waals surface area contributed by atoms with Crippen molar-refractivity contribution in [2.75, 3.05) is 31.1 Å². The van der Waals surface area contributed by atoms with E-state index in [4.69, 9.17) is 4.42 Å². The van der Waals surface area contributed by atoms with Crippen LogP contribution in [0.15, 0.2) is 45.8 Å². The van der Waals surface area contributed by atoms with Gasteiger partial charge in [-0.25, -0.2) is 4.99 Å². The maximum absolute atomic E-state index is 12.6. The van der Waals surface area contributed by atoms with Crippen LogP contribution in [0, 0.1) is 6.92 Å². The molecule has 7 nitrogen and oxygen atoms in total. The number of hydrogen-bond donors (Lipinski definition) is 3. The van der Waals surface area contributed by atoms with Crippen molar-refractivity contribution in [2.45, 2.75) is 45.6 Å². The van der Waals surface area contributed by atoms with E-state index in [9.17, 15) is 9.90 Å². The minimum atomic E-state index is -1.18. The third kappa shape index (κ3) is 5.42. The number of aliphatic imine (C=N–C) groups is 1. The SMILES string of the molecule is CCNC(=NCC(C)(O)c1ccc(C)o1)NCCCC(=O)N1CCc2ccccc21. The van der Waals surface area contributed by atoms with Gasteiger partial charge in [-0.3, -0.25) is 4.79 Å². The first-order chi connectivity index (χ1) is 14.4. The van der Waals surface area contributed by atoms with Crippen LogP contribution >= 0.6 is 0 Å². The molecule has 162 valence electrons. The van der Waals surface area contributed by atoms with Gasteiger partial charge in [0.05, 0.1) is 6.54 Å². The number of carbonyl (C=O) groups excluding carboxylic acids is 1. The third-order valence-electron chi connectivity index (χ3n) is 5.21. The second-order valence-corrected chi connectivity index (χ2v) is 7.83. The lowest BCUT2D eigenvalue weighted by atomic mass is 10.0. The van der Waals surface area contributed by atoms with Gasteiger partial charge in [-0.2, -0.15) is 0 Å². The lowest BCUT2D eigenvalue weighted by Crippen LogP contribution is -2.39. The van der Waals surface area contributed by atoms with E-state index in [1.54, 1.807) is 13.0 Å². The molecule has 0 radical (unpaired) electrons. The smallest absolute Gasteiger partial charge is 0.227 e. The molecule has 0 spiro atoms. The minimum Gasteiger partial charge on any atom is -0.463 e. The Morgan fingerprint density at radius 3 is 2.80 bits per heavy atom. The average molecular weight is 413 g/mol. The van der Waals surface area contributed by atoms with Gasteiger partial charge in [-0.15, -0.1) is 0 Å². The summed E-state index contributed by atoms with van der Waals surface area (Å²) < 4.78 is 5.54. The van der Waals surface area contributed by atoms with E-state index in [-0.39, 0.29) is 12.5 Å². The molecule has 1 atom stereocenters. The molecule has 1 aromatic carbocycles. The molecular weight excluding hydrogens is 380 g/mol. The van der Waals surface area contributed by atoms with Crippen molar-refractivity contribution in [3.8, 4) is 0 Å². The molecule has 2 heterocycles. The summed E-state index contributed by atoms with van der Waals surface area (Å²) in [7, 11) is 0. The molecule has 0 aliphatic carbocycles. The quantitative estimate of drug-likeness (QED) is 0.352. The molecular formula is C23H32N4O3. The number of rotatable bonds is 8. The Balaban J connectivity index is 1.48. The van der Waals surface area contributed by atoms with Crippen LogP contribution in [-0.4, -0.2) is 43.2 Å². The van der Waals surface area contributed by atoms with Crippen LogP contribution in [-0.2, 0) is 16.8 Å². The van der Waals surface area contributed by atoms with Gasteiger partial charge in [-0.1, -0.05) is 18.2 Å². The van der Waals surface area contributed by atoms with Crippen LogP contribution in [0.4, 0.5) is 5.69 Å². The molecule has 3 rings (SSSR count). The van der Waals surface area contributed by atoms with Crippen molar-refractivity contribution in [3.63, 3.8) is 0 Å². The standard InChI is InChI=1S/C23H32N4O3/c1-4-24-22(26-16-23(3,29)20-12-11-17(2)30-20)25-14-7-10-21(28)27-15-13-18-8-5-6-9-19(18)27/h5-6,8-9,11-12,29H,4,7,10,13-16H2,1-3H3,(H2,24,25,26). The second kappa shape index (κ2) is 9.80. The first-order valence-corrected chi connectivity index (χ1v) is 10.6. The van der Waals surface area contributed by atoms with Crippen LogP contribution in [0.1, 0.15) is 43.8 Å². The zero-order valence-corrected chi connectivity index (χ0v) is 18.1. The summed E-state index contributed by atoms with van der Waals surface area (Å²) in [4.78, 5) is 19.0. The number of carbonyl (C=O) groups is 1. The summed E-state index contributed by atoms with van der Waals surface area (Å²) >= 11 is 0. The molecule has 1 aliphatic rings. The first-order valence-electron chi connectivity index (χ1n) is 10.6. The van der Waals surface area contributed by atoms with Crippen molar-refractivity contribution in [1.82, 2.24) is 10.6 Å². The highest BCUT2D eigenvalue weighted by atomic mass is 16.4. The van der Waals surface area contributed by atoms with Gasteiger partial charge in [0, 0.05) is 31.7 Å². The summed E-state index contributed by atoms with van der Waals surface area (Å²) in [6, 6.07) is 11.7. The number of aliphatic hydroxyl groups is 1. The van der Waals surface area contributed by atoms with Gasteiger partial charge < -0.3 is 25.1 Å². The largest absolute Gasteiger partial charge is 0.463 e. The number of furan rings is 1. The predicted molar refractivity (Wildman–Crippen MR) is 119 cm³/mol. The number of benzene rings is 1. The molecule has 2 aromatic rings. The molecule has 30 heavy (non-hydrogen) atoms. The zero-order valence-electron chi connectivity index (χ0n) is 18.1. The number of nitrogens with zero attached hydrogens (tertiary/aromatic N) is 2. The highest BCUT2D eigenvalue weighted by Gasteiger charge is 2.27. The van der Waals surface area contributed by atoms with Crippen LogP contribution in [0.25, 0.3) is 0 Å². The van der Waals surface area contributed by atoms with Crippen molar-refractivity contribution in [2.24, 2.45) is 4.99 Å². The van der Waals surface area contributed by atoms with E-state index in [1.165, 1.54) is 5.56 Å². The van der Waals surface area contributed by atoms with E-state index in [0.717, 1.165) is 24.4 Å². The topological polar surface area (TPSA) is 90.1 Å². The van der Waals surface area contributed by atoms with Crippen LogP contribution in [0.3, 0.4) is 0 Å². The fraction of sp³-hybridized carbons (Fsp3) is 0.478. The van der Waals surface area contributed by atoms with Gasteiger partial charge in [0.15, 0.2) is 5.96 Å². The molecule has 1 aliphatic heterocycles. The number of nitrogens with one attached hydrogen (secondary N) is 2. The number of para-hydroxylation sites is 1. The van der Waals surface area contributed by atoms with Gasteiger partial charge >= 0.3 is 0 Å². The summed E-state index contributed by atoms with van der Waals surface area (Å²) in [5.41, 5.74) is 1.10. The number of amides is 1. The predicted octanol–water partition coefficient (Wildman–Crippen LogP) is 2.72. The van der Waals surface area contributed by atoms with Crippen LogP contribution in [0.5, 0.6) is 0 Å². The van der Waals surface area contributed by atoms with E-state index in [0.29, 0.717) is 37.7 Å². The van der Waals surface area contributed by atoms with E-state index in [2.05, 4.69) is 21.7 Å². The average Bonchev–Trinajstić information content (AvgIpc) is 3.36. The summed E-state index contributed by atoms with van der Waals surface area (Å²) in [5.74, 6) is 2.01. The number of guanidine groups is 1. The molecule has 0 fully saturated rings. The highest BCUT2D eigenvalue weighted by Crippen LogP contribution is 2.28. The molecule has 0 bridgehead atoms. The summed E-state index contributed by atoms with van der Waals surface area (Å²) in [6.07, 6.45) is 2.10. The fourth-order valence-electron chi connectivity index (χ4n) is 3.56. The van der Waals surface area contributed by atoms with Gasteiger partial charge in [0.25, 0.3) is 0 Å². The second-order valence-electron chi connectivity index (χ2n) is 7.83. The van der Waals surface area contributed by atoms with Gasteiger partial charge in [-0.05, 0) is 57.4 Å². The molecule has 3 N–H and O–H groups in total. The monoisotopic (exact) mass is 412 g/mol. The van der Waals surface area contributed by atoms with Crippen LogP contribution in [0.2, 0.25) is 0 Å². The Hall–Kier alpha value is -2.80. The number of aryl methyl sites for hydroxylation is 1. The maximum Gasteiger partial charge on any atom is 0.227 e. The highest BCUT2D eigenvalue weighted by molar-refractivity contribution is 5.95. The number of hydrogen-bond acceptors (Lipinski definition) is 4.